The van der Waals surface area contributed by atoms with E-state index in [1.807, 2.05) is 58.0 Å². The van der Waals surface area contributed by atoms with Crippen LogP contribution < -0.4 is 16.3 Å². The first-order valence-corrected chi connectivity index (χ1v) is 10.7. The molecule has 0 unspecified atom stereocenters. The number of hydrazine groups is 1. The van der Waals surface area contributed by atoms with E-state index in [9.17, 15) is 9.59 Å². The quantitative estimate of drug-likeness (QED) is 0.545. The Bertz CT molecular complexity index is 1220. The maximum atomic E-state index is 12.6. The Morgan fingerprint density at radius 3 is 2.62 bits per heavy atom. The maximum absolute atomic E-state index is 12.6. The zero-order chi connectivity index (χ0) is 22.9. The molecule has 8 nitrogen and oxygen atoms in total. The van der Waals surface area contributed by atoms with Crippen molar-refractivity contribution in [1.29, 1.82) is 0 Å². The van der Waals surface area contributed by atoms with Crippen molar-refractivity contribution in [2.24, 2.45) is 5.10 Å². The molecule has 0 atom stereocenters. The number of hydrogen-bond donors (Lipinski definition) is 3. The Balaban J connectivity index is 1.54. The molecule has 0 aliphatic heterocycles. The van der Waals surface area contributed by atoms with Gasteiger partial charge < -0.3 is 4.42 Å². The number of rotatable bonds is 4. The fourth-order valence-electron chi connectivity index (χ4n) is 3.67. The number of carbonyl (C=O) groups excluding carboxylic acids is 2. The van der Waals surface area contributed by atoms with Crippen LogP contribution in [0.25, 0.3) is 10.9 Å². The molecule has 8 heteroatoms. The lowest BCUT2D eigenvalue weighted by atomic mass is 9.93. The topological polar surface area (TPSA) is 109 Å². The molecule has 1 aliphatic rings. The van der Waals surface area contributed by atoms with Gasteiger partial charge in [-0.15, -0.1) is 0 Å². The minimum Gasteiger partial charge on any atom is -0.455 e. The molecule has 3 N–H and O–H groups in total. The van der Waals surface area contributed by atoms with Gasteiger partial charge in [0.15, 0.2) is 5.76 Å². The third-order valence-electron chi connectivity index (χ3n) is 5.21. The van der Waals surface area contributed by atoms with Crippen molar-refractivity contribution in [3.8, 4) is 0 Å². The van der Waals surface area contributed by atoms with Gasteiger partial charge in [-0.3, -0.25) is 15.0 Å². The first-order chi connectivity index (χ1) is 15.2. The van der Waals surface area contributed by atoms with Crippen LogP contribution in [-0.4, -0.2) is 28.0 Å². The number of para-hydroxylation sites is 1. The first kappa shape index (κ1) is 21.7. The summed E-state index contributed by atoms with van der Waals surface area (Å²) in [6, 6.07) is 11.2. The fourth-order valence-corrected chi connectivity index (χ4v) is 3.67. The van der Waals surface area contributed by atoms with Gasteiger partial charge in [-0.25, -0.2) is 15.8 Å². The molecule has 32 heavy (non-hydrogen) atoms. The van der Waals surface area contributed by atoms with Gasteiger partial charge >= 0.3 is 5.91 Å². The van der Waals surface area contributed by atoms with Gasteiger partial charge in [-0.1, -0.05) is 24.3 Å². The van der Waals surface area contributed by atoms with Gasteiger partial charge in [0.25, 0.3) is 5.91 Å². The predicted molar refractivity (Wildman–Crippen MR) is 122 cm³/mol. The number of hydrogen-bond acceptors (Lipinski definition) is 6. The number of aromatic nitrogens is 1. The van der Waals surface area contributed by atoms with E-state index < -0.39 is 0 Å². The second-order valence-corrected chi connectivity index (χ2v) is 8.93. The Morgan fingerprint density at radius 1 is 1.06 bits per heavy atom. The van der Waals surface area contributed by atoms with E-state index in [4.69, 9.17) is 4.42 Å². The minimum atomic E-state index is -0.385. The number of benzene rings is 1. The third-order valence-corrected chi connectivity index (χ3v) is 5.21. The van der Waals surface area contributed by atoms with Crippen molar-refractivity contribution in [3.05, 3.63) is 64.7 Å². The van der Waals surface area contributed by atoms with Crippen molar-refractivity contribution in [1.82, 2.24) is 21.3 Å². The monoisotopic (exact) mass is 433 g/mol. The summed E-state index contributed by atoms with van der Waals surface area (Å²) < 4.78 is 5.88. The van der Waals surface area contributed by atoms with Crippen LogP contribution in [0.4, 0.5) is 0 Å². The summed E-state index contributed by atoms with van der Waals surface area (Å²) in [4.78, 5) is 29.7. The lowest BCUT2D eigenvalue weighted by molar-refractivity contribution is 0.0882. The highest BCUT2D eigenvalue weighted by Gasteiger charge is 2.28. The normalized spacial score (nSPS) is 14.9. The molecule has 4 rings (SSSR count). The predicted octanol–water partition coefficient (Wildman–Crippen LogP) is 3.64. The highest BCUT2D eigenvalue weighted by molar-refractivity contribution is 6.07. The summed E-state index contributed by atoms with van der Waals surface area (Å²) in [5, 5.41) is 5.34. The molecule has 2 amide bonds. The van der Waals surface area contributed by atoms with Crippen molar-refractivity contribution >= 4 is 28.4 Å². The molecule has 2 aromatic heterocycles. The van der Waals surface area contributed by atoms with Crippen molar-refractivity contribution in [3.63, 3.8) is 0 Å². The van der Waals surface area contributed by atoms with Gasteiger partial charge in [0.2, 0.25) is 0 Å². The zero-order valence-corrected chi connectivity index (χ0v) is 18.7. The summed E-state index contributed by atoms with van der Waals surface area (Å²) >= 11 is 0. The highest BCUT2D eigenvalue weighted by atomic mass is 16.4. The SMILES string of the molecule is Cc1c(C(=O)NNC(C)(C)C)oc2c1/C(=N/NC(=O)c1ccc3ccccc3n1)CCC2. The molecule has 3 aromatic rings. The number of nitrogens with one attached hydrogen (secondary N) is 3. The Hall–Kier alpha value is -3.52. The van der Waals surface area contributed by atoms with Gasteiger partial charge in [0, 0.05) is 28.5 Å². The van der Waals surface area contributed by atoms with Crippen LogP contribution in [0.3, 0.4) is 0 Å². The molecule has 0 fully saturated rings. The lowest BCUT2D eigenvalue weighted by Crippen LogP contribution is -2.48. The third kappa shape index (κ3) is 4.55. The van der Waals surface area contributed by atoms with E-state index >= 15 is 0 Å². The molecule has 0 spiro atoms. The van der Waals surface area contributed by atoms with Crippen LogP contribution in [0.15, 0.2) is 45.9 Å². The number of pyridine rings is 1. The molecule has 0 saturated heterocycles. The number of fused-ring (bicyclic) bond motifs is 2. The standard InChI is InChI=1S/C24H27N5O3/c1-14-20-17(10-7-11-19(20)32-21(14)23(31)28-29-24(2,3)4)26-27-22(30)18-13-12-15-8-5-6-9-16(15)25-18/h5-6,8-9,12-13,29H,7,10-11H2,1-4H3,(H,27,30)(H,28,31)/b26-17+. The van der Waals surface area contributed by atoms with E-state index in [-0.39, 0.29) is 23.1 Å². The highest BCUT2D eigenvalue weighted by Crippen LogP contribution is 2.29. The van der Waals surface area contributed by atoms with Gasteiger partial charge in [-0.05, 0) is 52.7 Å². The molecule has 1 aromatic carbocycles. The van der Waals surface area contributed by atoms with E-state index in [1.165, 1.54) is 0 Å². The van der Waals surface area contributed by atoms with E-state index in [2.05, 4.69) is 26.4 Å². The average Bonchev–Trinajstić information content (AvgIpc) is 3.12. The smallest absolute Gasteiger partial charge is 0.301 e. The minimum absolute atomic E-state index is 0.254. The van der Waals surface area contributed by atoms with Crippen molar-refractivity contribution in [2.75, 3.05) is 0 Å². The number of aryl methyl sites for hydroxylation is 1. The second kappa shape index (κ2) is 8.55. The van der Waals surface area contributed by atoms with Crippen LogP contribution >= 0.6 is 0 Å². The van der Waals surface area contributed by atoms with E-state index in [0.29, 0.717) is 29.2 Å². The van der Waals surface area contributed by atoms with Crippen LogP contribution in [0.2, 0.25) is 0 Å². The molecule has 166 valence electrons. The molecule has 2 heterocycles. The van der Waals surface area contributed by atoms with Crippen LogP contribution in [-0.2, 0) is 6.42 Å². The number of hydrazone groups is 1. The fraction of sp³-hybridized carbons (Fsp3) is 0.333. The van der Waals surface area contributed by atoms with E-state index in [1.54, 1.807) is 6.07 Å². The second-order valence-electron chi connectivity index (χ2n) is 8.93. The molecule has 1 aliphatic carbocycles. The Labute approximate surface area is 186 Å². The van der Waals surface area contributed by atoms with Gasteiger partial charge in [0.1, 0.15) is 11.5 Å². The van der Waals surface area contributed by atoms with Crippen molar-refractivity contribution in [2.45, 2.75) is 52.5 Å². The van der Waals surface area contributed by atoms with Crippen LogP contribution in [0, 0.1) is 6.92 Å². The van der Waals surface area contributed by atoms with Gasteiger partial charge in [-0.2, -0.15) is 5.10 Å². The summed E-state index contributed by atoms with van der Waals surface area (Å²) in [7, 11) is 0. The number of furan rings is 1. The zero-order valence-electron chi connectivity index (χ0n) is 18.7. The van der Waals surface area contributed by atoms with Gasteiger partial charge in [0.05, 0.1) is 11.2 Å². The Kier molecular flexibility index (Phi) is 5.80. The summed E-state index contributed by atoms with van der Waals surface area (Å²) in [6.07, 6.45) is 2.22. The largest absolute Gasteiger partial charge is 0.455 e. The number of amides is 2. The average molecular weight is 434 g/mol. The summed E-state index contributed by atoms with van der Waals surface area (Å²) in [6.45, 7) is 7.68. The molecule has 0 radical (unpaired) electrons. The maximum Gasteiger partial charge on any atom is 0.301 e. The van der Waals surface area contributed by atoms with Crippen molar-refractivity contribution < 1.29 is 14.0 Å². The molecule has 0 bridgehead atoms. The van der Waals surface area contributed by atoms with Crippen LogP contribution in [0.5, 0.6) is 0 Å². The molecular formula is C24H27N5O3. The first-order valence-electron chi connectivity index (χ1n) is 10.7. The number of nitrogens with zero attached hydrogens (tertiary/aromatic N) is 2. The Morgan fingerprint density at radius 2 is 1.84 bits per heavy atom. The molecular weight excluding hydrogens is 406 g/mol. The summed E-state index contributed by atoms with van der Waals surface area (Å²) in [5.41, 5.74) is 11.2. The number of carbonyl (C=O) groups is 2. The molecule has 0 saturated carbocycles. The summed E-state index contributed by atoms with van der Waals surface area (Å²) in [5.74, 6) is 0.245. The van der Waals surface area contributed by atoms with Crippen LogP contribution in [0.1, 0.15) is 71.5 Å². The lowest BCUT2D eigenvalue weighted by Gasteiger charge is -2.20. The van der Waals surface area contributed by atoms with E-state index in [0.717, 1.165) is 29.3 Å².